The van der Waals surface area contributed by atoms with Crippen molar-refractivity contribution in [2.24, 2.45) is 0 Å². The van der Waals surface area contributed by atoms with Crippen LogP contribution in [0, 0.1) is 6.92 Å². The van der Waals surface area contributed by atoms with Gasteiger partial charge in [-0.25, -0.2) is 15.0 Å². The molecule has 1 amide bonds. The number of benzene rings is 1. The molecule has 2 aromatic heterocycles. The van der Waals surface area contributed by atoms with Crippen molar-refractivity contribution in [2.45, 2.75) is 44.9 Å². The molecule has 3 aromatic rings. The molecule has 2 N–H and O–H groups in total. The van der Waals surface area contributed by atoms with Crippen molar-refractivity contribution in [1.29, 1.82) is 0 Å². The lowest BCUT2D eigenvalue weighted by atomic mass is 10.1. The number of piperazine rings is 1. The highest BCUT2D eigenvalue weighted by Gasteiger charge is 2.41. The molecule has 0 saturated carbocycles. The third-order valence-corrected chi connectivity index (χ3v) is 7.22. The summed E-state index contributed by atoms with van der Waals surface area (Å²) in [6.45, 7) is 7.85. The molecule has 9 nitrogen and oxygen atoms in total. The first kappa shape index (κ1) is 21.8. The molecule has 9 heteroatoms. The number of nitrogens with one attached hydrogen (secondary N) is 2. The molecule has 2 saturated heterocycles. The van der Waals surface area contributed by atoms with Crippen LogP contribution in [-0.4, -0.2) is 63.6 Å². The largest absolute Gasteiger partial charge is 0.474 e. The standard InChI is InChI=1S/C26H29N7O2/c1-15-9-17(5-6-21(15)33-14-18-11-19(33)13-32(18)4)29-25-27-8-7-20(30-25)16-10-22-23(28-12-16)31-24(34)26(2,3)35-22/h5-10,12,18-19H,11,13-14H2,1-4H3,(H,27,29,30)(H,28,31,34)/t18-,19-/m0/s1. The van der Waals surface area contributed by atoms with Gasteiger partial charge < -0.3 is 20.3 Å². The summed E-state index contributed by atoms with van der Waals surface area (Å²) >= 11 is 0. The number of likely N-dealkylation sites (tertiary alicyclic amines) is 1. The molecular formula is C26H29N7O2. The molecule has 0 unspecified atom stereocenters. The molecule has 35 heavy (non-hydrogen) atoms. The Balaban J connectivity index is 1.21. The van der Waals surface area contributed by atoms with Crippen LogP contribution in [0.3, 0.4) is 0 Å². The smallest absolute Gasteiger partial charge is 0.269 e. The normalized spacial score (nSPS) is 22.5. The van der Waals surface area contributed by atoms with Crippen molar-refractivity contribution in [3.63, 3.8) is 0 Å². The summed E-state index contributed by atoms with van der Waals surface area (Å²) in [5.41, 5.74) is 4.02. The Morgan fingerprint density at radius 2 is 2.00 bits per heavy atom. The first-order valence-corrected chi connectivity index (χ1v) is 12.0. The van der Waals surface area contributed by atoms with Gasteiger partial charge in [-0.15, -0.1) is 0 Å². The van der Waals surface area contributed by atoms with Gasteiger partial charge in [0.1, 0.15) is 0 Å². The zero-order chi connectivity index (χ0) is 24.3. The zero-order valence-corrected chi connectivity index (χ0v) is 20.4. The third-order valence-electron chi connectivity index (χ3n) is 7.22. The molecule has 0 aliphatic carbocycles. The van der Waals surface area contributed by atoms with Gasteiger partial charge in [-0.2, -0.15) is 0 Å². The molecule has 1 aromatic carbocycles. The van der Waals surface area contributed by atoms with Gasteiger partial charge in [0.15, 0.2) is 17.2 Å². The van der Waals surface area contributed by atoms with Crippen LogP contribution in [-0.2, 0) is 4.79 Å². The Hall–Kier alpha value is -3.72. The van der Waals surface area contributed by atoms with Gasteiger partial charge in [-0.05, 0) is 70.1 Å². The summed E-state index contributed by atoms with van der Waals surface area (Å²) in [4.78, 5) is 30.6. The highest BCUT2D eigenvalue weighted by molar-refractivity contribution is 5.99. The van der Waals surface area contributed by atoms with Crippen molar-refractivity contribution in [3.05, 3.63) is 48.3 Å². The predicted molar refractivity (Wildman–Crippen MR) is 135 cm³/mol. The van der Waals surface area contributed by atoms with E-state index in [0.29, 0.717) is 35.3 Å². The second-order valence-electron chi connectivity index (χ2n) is 10.2. The molecule has 2 bridgehead atoms. The molecular weight excluding hydrogens is 442 g/mol. The van der Waals surface area contributed by atoms with Gasteiger partial charge in [-0.1, -0.05) is 0 Å². The number of hydrogen-bond acceptors (Lipinski definition) is 8. The Kier molecular flexibility index (Phi) is 4.93. The summed E-state index contributed by atoms with van der Waals surface area (Å²) in [6.07, 6.45) is 4.64. The molecule has 3 aliphatic heterocycles. The Morgan fingerprint density at radius 1 is 1.14 bits per heavy atom. The summed E-state index contributed by atoms with van der Waals surface area (Å²) in [5, 5.41) is 6.13. The van der Waals surface area contributed by atoms with Crippen LogP contribution in [0.1, 0.15) is 25.8 Å². The minimum Gasteiger partial charge on any atom is -0.474 e. The number of aryl methyl sites for hydroxylation is 1. The predicted octanol–water partition coefficient (Wildman–Crippen LogP) is 3.59. The summed E-state index contributed by atoms with van der Waals surface area (Å²) in [7, 11) is 2.22. The number of likely N-dealkylation sites (N-methyl/N-ethyl adjacent to an activating group) is 1. The SMILES string of the molecule is Cc1cc(Nc2nccc(-c3cnc4c(c3)OC(C)(C)C(=O)N4)n2)ccc1N1C[C@@H]2C[C@H]1CN2C. The molecule has 5 heterocycles. The maximum absolute atomic E-state index is 12.1. The quantitative estimate of drug-likeness (QED) is 0.596. The molecule has 6 rings (SSSR count). The maximum atomic E-state index is 12.1. The lowest BCUT2D eigenvalue weighted by Gasteiger charge is -2.34. The van der Waals surface area contributed by atoms with Gasteiger partial charge in [0, 0.05) is 54.5 Å². The molecule has 180 valence electrons. The van der Waals surface area contributed by atoms with E-state index in [1.807, 2.05) is 12.1 Å². The lowest BCUT2D eigenvalue weighted by molar-refractivity contribution is -0.129. The second kappa shape index (κ2) is 7.91. The van der Waals surface area contributed by atoms with Crippen LogP contribution in [0.25, 0.3) is 11.3 Å². The fourth-order valence-corrected chi connectivity index (χ4v) is 5.26. The fraction of sp³-hybridized carbons (Fsp3) is 0.385. The summed E-state index contributed by atoms with van der Waals surface area (Å²) in [6, 6.07) is 11.4. The van der Waals surface area contributed by atoms with Crippen molar-refractivity contribution in [1.82, 2.24) is 19.9 Å². The van der Waals surface area contributed by atoms with E-state index in [2.05, 4.69) is 67.6 Å². The Bertz CT molecular complexity index is 1320. The molecule has 3 aliphatic rings. The zero-order valence-electron chi connectivity index (χ0n) is 20.4. The summed E-state index contributed by atoms with van der Waals surface area (Å²) < 4.78 is 5.87. The molecule has 2 atom stereocenters. The van der Waals surface area contributed by atoms with Crippen molar-refractivity contribution in [3.8, 4) is 17.0 Å². The maximum Gasteiger partial charge on any atom is 0.269 e. The minimum absolute atomic E-state index is 0.218. The van der Waals surface area contributed by atoms with E-state index in [1.165, 1.54) is 17.7 Å². The van der Waals surface area contributed by atoms with Crippen LogP contribution in [0.4, 0.5) is 23.1 Å². The van der Waals surface area contributed by atoms with Gasteiger partial charge in [0.25, 0.3) is 5.91 Å². The van der Waals surface area contributed by atoms with Crippen LogP contribution >= 0.6 is 0 Å². The van der Waals surface area contributed by atoms with Crippen molar-refractivity contribution in [2.75, 3.05) is 35.7 Å². The Labute approximate surface area is 204 Å². The number of hydrogen-bond donors (Lipinski definition) is 2. The number of rotatable bonds is 4. The second-order valence-corrected chi connectivity index (χ2v) is 10.2. The van der Waals surface area contributed by atoms with Crippen molar-refractivity contribution >= 4 is 29.0 Å². The first-order valence-electron chi connectivity index (χ1n) is 12.0. The number of fused-ring (bicyclic) bond motifs is 3. The van der Waals surface area contributed by atoms with Crippen LogP contribution in [0.5, 0.6) is 5.75 Å². The van der Waals surface area contributed by atoms with E-state index in [-0.39, 0.29) is 5.91 Å². The van der Waals surface area contributed by atoms with Gasteiger partial charge in [0.05, 0.1) is 5.69 Å². The van der Waals surface area contributed by atoms with E-state index >= 15 is 0 Å². The van der Waals surface area contributed by atoms with Gasteiger partial charge in [0.2, 0.25) is 5.95 Å². The van der Waals surface area contributed by atoms with Crippen molar-refractivity contribution < 1.29 is 9.53 Å². The highest BCUT2D eigenvalue weighted by Crippen LogP contribution is 2.37. The topological polar surface area (TPSA) is 95.5 Å². The van der Waals surface area contributed by atoms with E-state index in [0.717, 1.165) is 24.3 Å². The number of amides is 1. The van der Waals surface area contributed by atoms with E-state index < -0.39 is 5.60 Å². The molecule has 2 fully saturated rings. The van der Waals surface area contributed by atoms with E-state index in [9.17, 15) is 4.79 Å². The molecule has 0 radical (unpaired) electrons. The number of ether oxygens (including phenoxy) is 1. The Morgan fingerprint density at radius 3 is 2.74 bits per heavy atom. The highest BCUT2D eigenvalue weighted by atomic mass is 16.5. The van der Waals surface area contributed by atoms with E-state index in [4.69, 9.17) is 4.74 Å². The number of carbonyl (C=O) groups excluding carboxylic acids is 1. The first-order chi connectivity index (χ1) is 16.8. The van der Waals surface area contributed by atoms with E-state index in [1.54, 1.807) is 26.2 Å². The number of pyridine rings is 1. The van der Waals surface area contributed by atoms with Crippen LogP contribution in [0.15, 0.2) is 42.7 Å². The van der Waals surface area contributed by atoms with Crippen LogP contribution < -0.4 is 20.3 Å². The number of aromatic nitrogens is 3. The summed E-state index contributed by atoms with van der Waals surface area (Å²) in [5.74, 6) is 1.22. The monoisotopic (exact) mass is 471 g/mol. The fourth-order valence-electron chi connectivity index (χ4n) is 5.26. The van der Waals surface area contributed by atoms with Crippen LogP contribution in [0.2, 0.25) is 0 Å². The average molecular weight is 472 g/mol. The number of anilines is 4. The minimum atomic E-state index is -0.958. The van der Waals surface area contributed by atoms with Gasteiger partial charge >= 0.3 is 0 Å². The number of nitrogens with zero attached hydrogens (tertiary/aromatic N) is 5. The third kappa shape index (κ3) is 3.85. The number of carbonyl (C=O) groups is 1. The lowest BCUT2D eigenvalue weighted by Crippen LogP contribution is -2.45. The average Bonchev–Trinajstić information content (AvgIpc) is 3.39. The van der Waals surface area contributed by atoms with Gasteiger partial charge in [-0.3, -0.25) is 9.69 Å². The molecule has 0 spiro atoms.